The molecular weight excluding hydrogens is 300 g/mol. The lowest BCUT2D eigenvalue weighted by molar-refractivity contribution is 0.0945. The molecule has 0 bridgehead atoms. The van der Waals surface area contributed by atoms with Crippen LogP contribution in [-0.4, -0.2) is 28.6 Å². The molecule has 22 heavy (non-hydrogen) atoms. The number of rotatable bonds is 6. The number of hydrogen-bond donors (Lipinski definition) is 2. The summed E-state index contributed by atoms with van der Waals surface area (Å²) in [5.41, 5.74) is 1.56. The Labute approximate surface area is 135 Å². The molecule has 0 aliphatic heterocycles. The third-order valence-electron chi connectivity index (χ3n) is 3.40. The van der Waals surface area contributed by atoms with Crippen LogP contribution in [0.1, 0.15) is 35.2 Å². The minimum Gasteiger partial charge on any atom is -0.393 e. The zero-order valence-electron chi connectivity index (χ0n) is 12.4. The first kappa shape index (κ1) is 16.5. The predicted octanol–water partition coefficient (Wildman–Crippen LogP) is 3.02. The standard InChI is InChI=1S/C17H19ClN2O2/c1-12(21)9-15(13-5-3-2-4-6-13)11-20-17(22)14-7-8-16(18)19-10-14/h2-8,10,12,15,21H,9,11H2,1H3,(H,20,22). The van der Waals surface area contributed by atoms with E-state index in [1.807, 2.05) is 30.3 Å². The number of amides is 1. The zero-order valence-corrected chi connectivity index (χ0v) is 13.1. The van der Waals surface area contributed by atoms with Gasteiger partial charge < -0.3 is 10.4 Å². The molecule has 0 saturated heterocycles. The molecule has 0 saturated carbocycles. The second-order valence-corrected chi connectivity index (χ2v) is 5.66. The number of benzene rings is 1. The van der Waals surface area contributed by atoms with Crippen molar-refractivity contribution in [2.75, 3.05) is 6.54 Å². The normalized spacial score (nSPS) is 13.4. The lowest BCUT2D eigenvalue weighted by Gasteiger charge is -2.19. The van der Waals surface area contributed by atoms with E-state index in [0.717, 1.165) is 5.56 Å². The monoisotopic (exact) mass is 318 g/mol. The Balaban J connectivity index is 2.02. The number of nitrogens with zero attached hydrogens (tertiary/aromatic N) is 1. The number of aliphatic hydroxyl groups excluding tert-OH is 1. The summed E-state index contributed by atoms with van der Waals surface area (Å²) in [5.74, 6) is -0.138. The second-order valence-electron chi connectivity index (χ2n) is 5.27. The smallest absolute Gasteiger partial charge is 0.252 e. The maximum absolute atomic E-state index is 12.1. The first-order chi connectivity index (χ1) is 10.6. The van der Waals surface area contributed by atoms with Crippen molar-refractivity contribution in [3.63, 3.8) is 0 Å². The van der Waals surface area contributed by atoms with Crippen LogP contribution in [0.5, 0.6) is 0 Å². The van der Waals surface area contributed by atoms with E-state index >= 15 is 0 Å². The van der Waals surface area contributed by atoms with Crippen LogP contribution in [0.15, 0.2) is 48.7 Å². The molecule has 0 fully saturated rings. The number of carbonyl (C=O) groups excluding carboxylic acids is 1. The number of halogens is 1. The predicted molar refractivity (Wildman–Crippen MR) is 87.1 cm³/mol. The molecule has 1 amide bonds. The molecule has 0 aliphatic rings. The van der Waals surface area contributed by atoms with Crippen molar-refractivity contribution in [1.82, 2.24) is 10.3 Å². The second kappa shape index (κ2) is 7.92. The van der Waals surface area contributed by atoms with Gasteiger partial charge in [-0.25, -0.2) is 4.98 Å². The van der Waals surface area contributed by atoms with Crippen molar-refractivity contribution in [2.24, 2.45) is 0 Å². The zero-order chi connectivity index (χ0) is 15.9. The molecule has 4 nitrogen and oxygen atoms in total. The van der Waals surface area contributed by atoms with Crippen molar-refractivity contribution in [3.05, 3.63) is 64.9 Å². The summed E-state index contributed by atoms with van der Waals surface area (Å²) in [5, 5.41) is 12.9. The summed E-state index contributed by atoms with van der Waals surface area (Å²) in [6.07, 6.45) is 1.60. The average molecular weight is 319 g/mol. The summed E-state index contributed by atoms with van der Waals surface area (Å²) < 4.78 is 0. The van der Waals surface area contributed by atoms with Crippen LogP contribution >= 0.6 is 11.6 Å². The number of pyridine rings is 1. The fraction of sp³-hybridized carbons (Fsp3) is 0.294. The number of aliphatic hydroxyl groups is 1. The van der Waals surface area contributed by atoms with Gasteiger partial charge in [0.25, 0.3) is 5.91 Å². The van der Waals surface area contributed by atoms with E-state index in [9.17, 15) is 9.90 Å². The molecule has 116 valence electrons. The molecule has 1 aromatic carbocycles. The molecule has 0 spiro atoms. The van der Waals surface area contributed by atoms with Crippen molar-refractivity contribution in [2.45, 2.75) is 25.4 Å². The Morgan fingerprint density at radius 1 is 1.27 bits per heavy atom. The fourth-order valence-corrected chi connectivity index (χ4v) is 2.41. The van der Waals surface area contributed by atoms with Gasteiger partial charge in [-0.2, -0.15) is 0 Å². The third kappa shape index (κ3) is 4.83. The molecular formula is C17H19ClN2O2. The third-order valence-corrected chi connectivity index (χ3v) is 3.62. The van der Waals surface area contributed by atoms with Gasteiger partial charge in [-0.3, -0.25) is 4.79 Å². The highest BCUT2D eigenvalue weighted by atomic mass is 35.5. The Morgan fingerprint density at radius 2 is 2.00 bits per heavy atom. The molecule has 2 unspecified atom stereocenters. The van der Waals surface area contributed by atoms with Gasteiger partial charge in [0.05, 0.1) is 11.7 Å². The number of nitrogens with one attached hydrogen (secondary N) is 1. The van der Waals surface area contributed by atoms with Gasteiger partial charge >= 0.3 is 0 Å². The SMILES string of the molecule is CC(O)CC(CNC(=O)c1ccc(Cl)nc1)c1ccccc1. The van der Waals surface area contributed by atoms with E-state index in [2.05, 4.69) is 10.3 Å². The minimum absolute atomic E-state index is 0.0606. The summed E-state index contributed by atoms with van der Waals surface area (Å²) in [6.45, 7) is 2.21. The van der Waals surface area contributed by atoms with E-state index < -0.39 is 6.10 Å². The van der Waals surface area contributed by atoms with E-state index in [4.69, 9.17) is 11.6 Å². The van der Waals surface area contributed by atoms with Crippen LogP contribution in [0.25, 0.3) is 0 Å². The van der Waals surface area contributed by atoms with Crippen LogP contribution in [0.3, 0.4) is 0 Å². The molecule has 2 rings (SSSR count). The maximum atomic E-state index is 12.1. The van der Waals surface area contributed by atoms with E-state index in [0.29, 0.717) is 23.7 Å². The average Bonchev–Trinajstić information content (AvgIpc) is 2.52. The fourth-order valence-electron chi connectivity index (χ4n) is 2.30. The Hall–Kier alpha value is -1.91. The molecule has 1 heterocycles. The summed E-state index contributed by atoms with van der Waals surface area (Å²) in [6, 6.07) is 13.1. The van der Waals surface area contributed by atoms with Gasteiger partial charge in [-0.05, 0) is 31.0 Å². The van der Waals surface area contributed by atoms with Gasteiger partial charge in [-0.15, -0.1) is 0 Å². The van der Waals surface area contributed by atoms with Crippen LogP contribution in [-0.2, 0) is 0 Å². The van der Waals surface area contributed by atoms with Gasteiger partial charge in [0.15, 0.2) is 0 Å². The maximum Gasteiger partial charge on any atom is 0.252 e. The van der Waals surface area contributed by atoms with Crippen LogP contribution in [0.4, 0.5) is 0 Å². The van der Waals surface area contributed by atoms with Crippen molar-refractivity contribution in [1.29, 1.82) is 0 Å². The lowest BCUT2D eigenvalue weighted by atomic mass is 9.93. The highest BCUT2D eigenvalue weighted by molar-refractivity contribution is 6.29. The lowest BCUT2D eigenvalue weighted by Crippen LogP contribution is -2.29. The highest BCUT2D eigenvalue weighted by Gasteiger charge is 2.16. The van der Waals surface area contributed by atoms with Crippen LogP contribution in [0.2, 0.25) is 5.15 Å². The molecule has 0 radical (unpaired) electrons. The van der Waals surface area contributed by atoms with E-state index in [1.165, 1.54) is 6.20 Å². The summed E-state index contributed by atoms with van der Waals surface area (Å²) in [7, 11) is 0. The van der Waals surface area contributed by atoms with E-state index in [1.54, 1.807) is 19.1 Å². The Kier molecular flexibility index (Phi) is 5.92. The quantitative estimate of drug-likeness (QED) is 0.805. The van der Waals surface area contributed by atoms with Gasteiger partial charge in [0.2, 0.25) is 0 Å². The van der Waals surface area contributed by atoms with E-state index in [-0.39, 0.29) is 11.8 Å². The van der Waals surface area contributed by atoms with Crippen molar-refractivity contribution < 1.29 is 9.90 Å². The Bertz CT molecular complexity index is 600. The van der Waals surface area contributed by atoms with Crippen molar-refractivity contribution >= 4 is 17.5 Å². The van der Waals surface area contributed by atoms with Crippen molar-refractivity contribution in [3.8, 4) is 0 Å². The molecule has 1 aromatic heterocycles. The molecule has 5 heteroatoms. The van der Waals surface area contributed by atoms with Gasteiger partial charge in [0, 0.05) is 18.7 Å². The first-order valence-electron chi connectivity index (χ1n) is 7.19. The molecule has 2 atom stereocenters. The number of aromatic nitrogens is 1. The topological polar surface area (TPSA) is 62.2 Å². The molecule has 0 aliphatic carbocycles. The summed E-state index contributed by atoms with van der Waals surface area (Å²) >= 11 is 5.71. The van der Waals surface area contributed by atoms with Gasteiger partial charge in [-0.1, -0.05) is 41.9 Å². The summed E-state index contributed by atoms with van der Waals surface area (Å²) in [4.78, 5) is 16.0. The number of hydrogen-bond acceptors (Lipinski definition) is 3. The highest BCUT2D eigenvalue weighted by Crippen LogP contribution is 2.20. The van der Waals surface area contributed by atoms with Crippen LogP contribution in [0, 0.1) is 0 Å². The first-order valence-corrected chi connectivity index (χ1v) is 7.57. The Morgan fingerprint density at radius 3 is 2.59 bits per heavy atom. The van der Waals surface area contributed by atoms with Gasteiger partial charge in [0.1, 0.15) is 5.15 Å². The number of carbonyl (C=O) groups is 1. The largest absolute Gasteiger partial charge is 0.393 e. The minimum atomic E-state index is -0.431. The molecule has 2 aromatic rings. The van der Waals surface area contributed by atoms with Crippen LogP contribution < -0.4 is 5.32 Å². The molecule has 2 N–H and O–H groups in total.